The molecule has 3 heteroatoms. The number of hydrogen-bond acceptors (Lipinski definition) is 2. The minimum atomic E-state index is -0.0672. The first-order valence-electron chi connectivity index (χ1n) is 9.41. The summed E-state index contributed by atoms with van der Waals surface area (Å²) >= 11 is 2.64. The van der Waals surface area contributed by atoms with E-state index in [9.17, 15) is 4.79 Å². The predicted molar refractivity (Wildman–Crippen MR) is 105 cm³/mol. The van der Waals surface area contributed by atoms with Crippen molar-refractivity contribution in [2.45, 2.75) is 107 Å². The fourth-order valence-electron chi connectivity index (χ4n) is 2.73. The summed E-state index contributed by atoms with van der Waals surface area (Å²) in [5.74, 6) is -0.0672. The van der Waals surface area contributed by atoms with Crippen molar-refractivity contribution >= 4 is 28.6 Å². The zero-order valence-corrected chi connectivity index (χ0v) is 17.0. The zero-order chi connectivity index (χ0) is 16.5. The summed E-state index contributed by atoms with van der Waals surface area (Å²) in [5, 5.41) is 0. The van der Waals surface area contributed by atoms with Gasteiger partial charge >= 0.3 is 5.97 Å². The Bertz CT molecular complexity index is 244. The molecule has 0 bridgehead atoms. The van der Waals surface area contributed by atoms with Gasteiger partial charge in [-0.05, 0) is 19.3 Å². The summed E-state index contributed by atoms with van der Waals surface area (Å²) < 4.78 is 5.52. The second-order valence-corrected chi connectivity index (χ2v) is 8.15. The Balaban J connectivity index is 3.18. The van der Waals surface area contributed by atoms with Crippen molar-refractivity contribution < 1.29 is 9.53 Å². The molecule has 0 amide bonds. The normalized spacial score (nSPS) is 12.3. The average molecular weight is 424 g/mol. The van der Waals surface area contributed by atoms with Crippen molar-refractivity contribution in [3.63, 3.8) is 0 Å². The molecule has 1 unspecified atom stereocenters. The summed E-state index contributed by atoms with van der Waals surface area (Å²) in [4.78, 5) is 11.0. The second kappa shape index (κ2) is 17.6. The number of carbonyl (C=O) groups excluding carboxylic acids is 1. The van der Waals surface area contributed by atoms with E-state index in [1.54, 1.807) is 0 Å². The first kappa shape index (κ1) is 22.2. The van der Waals surface area contributed by atoms with Gasteiger partial charge in [0.15, 0.2) is 0 Å². The minimum Gasteiger partial charge on any atom is -0.469 e. The Labute approximate surface area is 152 Å². The number of halogens is 1. The molecule has 22 heavy (non-hydrogen) atoms. The molecule has 0 saturated heterocycles. The highest BCUT2D eigenvalue weighted by Crippen LogP contribution is 2.20. The number of ether oxygens (including phenoxy) is 1. The number of methoxy groups -OCH3 is 1. The molecule has 0 aliphatic carbocycles. The molecule has 0 saturated carbocycles. The monoisotopic (exact) mass is 424 g/mol. The van der Waals surface area contributed by atoms with Crippen LogP contribution in [-0.2, 0) is 9.53 Å². The Hall–Kier alpha value is 0.200. The number of hydrogen-bond donors (Lipinski definition) is 0. The van der Waals surface area contributed by atoms with Crippen LogP contribution >= 0.6 is 22.6 Å². The van der Waals surface area contributed by atoms with E-state index in [2.05, 4.69) is 34.3 Å². The van der Waals surface area contributed by atoms with Crippen LogP contribution < -0.4 is 0 Å². The van der Waals surface area contributed by atoms with E-state index in [1.807, 2.05) is 0 Å². The standard InChI is InChI=1S/C19H37IO2/c1-3-4-5-6-9-12-15-18(20)16-13-10-7-8-11-14-17-19(21)22-2/h18H,3-17H2,1-2H3. The van der Waals surface area contributed by atoms with Crippen molar-refractivity contribution in [1.82, 2.24) is 0 Å². The molecule has 0 aliphatic heterocycles. The molecular weight excluding hydrogens is 387 g/mol. The highest BCUT2D eigenvalue weighted by atomic mass is 127. The van der Waals surface area contributed by atoms with Gasteiger partial charge in [-0.25, -0.2) is 0 Å². The van der Waals surface area contributed by atoms with Crippen LogP contribution in [0.25, 0.3) is 0 Å². The van der Waals surface area contributed by atoms with Crippen LogP contribution in [0.4, 0.5) is 0 Å². The third-order valence-electron chi connectivity index (χ3n) is 4.25. The van der Waals surface area contributed by atoms with Crippen molar-refractivity contribution in [2.75, 3.05) is 7.11 Å². The third kappa shape index (κ3) is 16.6. The SMILES string of the molecule is CCCCCCCCC(I)CCCCCCCCC(=O)OC. The van der Waals surface area contributed by atoms with E-state index < -0.39 is 0 Å². The summed E-state index contributed by atoms with van der Waals surface area (Å²) in [5.41, 5.74) is 0. The largest absolute Gasteiger partial charge is 0.469 e. The number of unbranched alkanes of at least 4 members (excludes halogenated alkanes) is 10. The maximum Gasteiger partial charge on any atom is 0.305 e. The van der Waals surface area contributed by atoms with Crippen LogP contribution in [0, 0.1) is 0 Å². The van der Waals surface area contributed by atoms with E-state index in [-0.39, 0.29) is 5.97 Å². The first-order chi connectivity index (χ1) is 10.7. The molecule has 0 radical (unpaired) electrons. The Morgan fingerprint density at radius 3 is 1.77 bits per heavy atom. The van der Waals surface area contributed by atoms with Gasteiger partial charge < -0.3 is 4.74 Å². The zero-order valence-electron chi connectivity index (χ0n) is 14.9. The van der Waals surface area contributed by atoms with E-state index >= 15 is 0 Å². The van der Waals surface area contributed by atoms with Crippen molar-refractivity contribution in [3.8, 4) is 0 Å². The molecule has 132 valence electrons. The lowest BCUT2D eigenvalue weighted by Crippen LogP contribution is -1.99. The topological polar surface area (TPSA) is 26.3 Å². The molecule has 0 fully saturated rings. The first-order valence-corrected chi connectivity index (χ1v) is 10.7. The second-order valence-electron chi connectivity index (χ2n) is 6.39. The van der Waals surface area contributed by atoms with Gasteiger partial charge in [-0.1, -0.05) is 100 Å². The van der Waals surface area contributed by atoms with Crippen LogP contribution in [0.5, 0.6) is 0 Å². The maximum absolute atomic E-state index is 11.0. The van der Waals surface area contributed by atoms with Gasteiger partial charge in [-0.2, -0.15) is 0 Å². The van der Waals surface area contributed by atoms with Crippen molar-refractivity contribution in [2.24, 2.45) is 0 Å². The summed E-state index contributed by atoms with van der Waals surface area (Å²) in [6, 6.07) is 0. The van der Waals surface area contributed by atoms with Gasteiger partial charge in [-0.15, -0.1) is 0 Å². The van der Waals surface area contributed by atoms with E-state index in [4.69, 9.17) is 0 Å². The van der Waals surface area contributed by atoms with Gasteiger partial charge in [0.1, 0.15) is 0 Å². The molecular formula is C19H37IO2. The molecule has 2 nitrogen and oxygen atoms in total. The smallest absolute Gasteiger partial charge is 0.305 e. The van der Waals surface area contributed by atoms with Crippen molar-refractivity contribution in [3.05, 3.63) is 0 Å². The number of rotatable bonds is 16. The number of esters is 1. The van der Waals surface area contributed by atoms with Crippen LogP contribution in [-0.4, -0.2) is 17.0 Å². The molecule has 0 aliphatic rings. The summed E-state index contributed by atoms with van der Waals surface area (Å²) in [7, 11) is 1.47. The summed E-state index contributed by atoms with van der Waals surface area (Å²) in [6.07, 6.45) is 19.3. The fourth-order valence-corrected chi connectivity index (χ4v) is 3.62. The fraction of sp³-hybridized carbons (Fsp3) is 0.947. The van der Waals surface area contributed by atoms with Gasteiger partial charge in [0.25, 0.3) is 0 Å². The number of carbonyl (C=O) groups is 1. The summed E-state index contributed by atoms with van der Waals surface area (Å²) in [6.45, 7) is 2.28. The molecule has 0 rings (SSSR count). The average Bonchev–Trinajstić information content (AvgIpc) is 2.52. The van der Waals surface area contributed by atoms with E-state index in [0.29, 0.717) is 6.42 Å². The van der Waals surface area contributed by atoms with E-state index in [1.165, 1.54) is 90.6 Å². The van der Waals surface area contributed by atoms with Gasteiger partial charge in [0.2, 0.25) is 0 Å². The van der Waals surface area contributed by atoms with Crippen molar-refractivity contribution in [1.29, 1.82) is 0 Å². The lowest BCUT2D eigenvalue weighted by atomic mass is 10.0. The highest BCUT2D eigenvalue weighted by molar-refractivity contribution is 14.1. The molecule has 1 atom stereocenters. The quantitative estimate of drug-likeness (QED) is 0.117. The lowest BCUT2D eigenvalue weighted by molar-refractivity contribution is -0.140. The third-order valence-corrected chi connectivity index (χ3v) is 5.49. The highest BCUT2D eigenvalue weighted by Gasteiger charge is 2.04. The van der Waals surface area contributed by atoms with Gasteiger partial charge in [-0.3, -0.25) is 4.79 Å². The maximum atomic E-state index is 11.0. The molecule has 0 N–H and O–H groups in total. The molecule has 0 aromatic rings. The number of alkyl halides is 1. The Morgan fingerprint density at radius 1 is 0.818 bits per heavy atom. The van der Waals surface area contributed by atoms with Gasteiger partial charge in [0, 0.05) is 10.3 Å². The van der Waals surface area contributed by atoms with Crippen LogP contribution in [0.15, 0.2) is 0 Å². The van der Waals surface area contributed by atoms with Crippen LogP contribution in [0.2, 0.25) is 0 Å². The predicted octanol–water partition coefficient (Wildman–Crippen LogP) is 6.83. The van der Waals surface area contributed by atoms with E-state index in [0.717, 1.165) is 10.3 Å². The lowest BCUT2D eigenvalue weighted by Gasteiger charge is -2.09. The molecule has 0 aromatic heterocycles. The van der Waals surface area contributed by atoms with Crippen LogP contribution in [0.3, 0.4) is 0 Å². The molecule has 0 heterocycles. The molecule has 0 aromatic carbocycles. The van der Waals surface area contributed by atoms with Crippen LogP contribution in [0.1, 0.15) is 103 Å². The minimum absolute atomic E-state index is 0.0672. The Kier molecular flexibility index (Phi) is 17.7. The Morgan fingerprint density at radius 2 is 1.27 bits per heavy atom. The molecule has 0 spiro atoms. The van der Waals surface area contributed by atoms with Gasteiger partial charge in [0.05, 0.1) is 7.11 Å².